The maximum absolute atomic E-state index is 15.5. The van der Waals surface area contributed by atoms with Gasteiger partial charge in [0.05, 0.1) is 62.0 Å². The molecule has 0 aromatic heterocycles. The zero-order valence-corrected chi connectivity index (χ0v) is 31.6. The summed E-state index contributed by atoms with van der Waals surface area (Å²) in [5.41, 5.74) is 1.75. The molecule has 11 nitrogen and oxygen atoms in total. The quantitative estimate of drug-likeness (QED) is 0.171. The molecule has 1 N–H and O–H groups in total. The van der Waals surface area contributed by atoms with Crippen molar-refractivity contribution in [1.29, 1.82) is 0 Å². The number of rotatable bonds is 7. The number of nitrogens with zero attached hydrogens (tertiary/aromatic N) is 3. The Morgan fingerprint density at radius 3 is 2.20 bits per heavy atom. The van der Waals surface area contributed by atoms with Gasteiger partial charge in [-0.15, -0.1) is 0 Å². The highest BCUT2D eigenvalue weighted by molar-refractivity contribution is 6.32. The average molecular weight is 774 g/mol. The van der Waals surface area contributed by atoms with Gasteiger partial charge in [0.25, 0.3) is 0 Å². The van der Waals surface area contributed by atoms with E-state index in [0.717, 1.165) is 18.8 Å². The number of hydrogen-bond acceptors (Lipinski definition) is 9. The van der Waals surface area contributed by atoms with Crippen LogP contribution in [0.1, 0.15) is 29.9 Å². The number of imide groups is 2. The first kappa shape index (κ1) is 36.0. The van der Waals surface area contributed by atoms with Crippen molar-refractivity contribution >= 4 is 52.3 Å². The number of aromatic hydroxyl groups is 1. The summed E-state index contributed by atoms with van der Waals surface area (Å²) in [5, 5.41) is 12.3. The highest BCUT2D eigenvalue weighted by Crippen LogP contribution is 2.66. The first-order valence-corrected chi connectivity index (χ1v) is 19.2. The maximum Gasteiger partial charge on any atom is 0.246 e. The molecule has 286 valence electrons. The van der Waals surface area contributed by atoms with E-state index >= 15 is 9.59 Å². The lowest BCUT2D eigenvalue weighted by Gasteiger charge is -2.51. The van der Waals surface area contributed by atoms with Gasteiger partial charge in [-0.3, -0.25) is 24.1 Å². The van der Waals surface area contributed by atoms with Crippen LogP contribution in [0.4, 0.5) is 17.1 Å². The molecule has 4 aromatic carbocycles. The van der Waals surface area contributed by atoms with Crippen molar-refractivity contribution in [3.63, 3.8) is 0 Å². The Kier molecular flexibility index (Phi) is 8.89. The SMILES string of the molecule is COc1cc(O)c([C@H]2C3=CC[C@@H]4C(=O)N(c5ccc(N6CCOCC6)cc5)C(=O)[C@@H]4[C@@H]3C[C@H]3C(=O)N(c4cccc(Cl)c4)C(=O)[C@@]23c2ccccc2)c(OC)c1. The maximum atomic E-state index is 15.5. The van der Waals surface area contributed by atoms with Crippen LogP contribution in [0.15, 0.2) is 103 Å². The fourth-order valence-electron chi connectivity index (χ4n) is 10.1. The zero-order chi connectivity index (χ0) is 38.9. The Bertz CT molecular complexity index is 2290. The minimum Gasteiger partial charge on any atom is -0.507 e. The second kappa shape index (κ2) is 13.8. The number of amides is 4. The number of benzene rings is 4. The van der Waals surface area contributed by atoms with Crippen molar-refractivity contribution in [3.05, 3.63) is 119 Å². The number of ether oxygens (including phenoxy) is 3. The molecule has 3 heterocycles. The third-order valence-electron chi connectivity index (χ3n) is 12.5. The second-order valence-corrected chi connectivity index (χ2v) is 15.4. The van der Waals surface area contributed by atoms with Crippen LogP contribution in [0.5, 0.6) is 17.2 Å². The molecule has 12 heteroatoms. The van der Waals surface area contributed by atoms with Crippen molar-refractivity contribution in [2.24, 2.45) is 23.7 Å². The van der Waals surface area contributed by atoms with Crippen molar-refractivity contribution < 1.29 is 38.5 Å². The summed E-state index contributed by atoms with van der Waals surface area (Å²) < 4.78 is 16.9. The molecule has 4 amide bonds. The van der Waals surface area contributed by atoms with E-state index in [1.165, 1.54) is 30.1 Å². The first-order chi connectivity index (χ1) is 27.2. The van der Waals surface area contributed by atoms with Crippen molar-refractivity contribution in [3.8, 4) is 17.2 Å². The van der Waals surface area contributed by atoms with Crippen molar-refractivity contribution in [2.45, 2.75) is 24.2 Å². The van der Waals surface area contributed by atoms with E-state index in [1.54, 1.807) is 42.5 Å². The minimum atomic E-state index is -1.59. The number of carbonyl (C=O) groups is 4. The molecular weight excluding hydrogens is 734 g/mol. The summed E-state index contributed by atoms with van der Waals surface area (Å²) in [6, 6.07) is 26.3. The minimum absolute atomic E-state index is 0.113. The van der Waals surface area contributed by atoms with Gasteiger partial charge in [-0.2, -0.15) is 0 Å². The van der Waals surface area contributed by atoms with Crippen LogP contribution in [0.2, 0.25) is 5.02 Å². The number of anilines is 3. The first-order valence-electron chi connectivity index (χ1n) is 18.8. The predicted molar refractivity (Wildman–Crippen MR) is 209 cm³/mol. The number of phenolic OH excluding ortho intramolecular Hbond substituents is 1. The molecule has 1 saturated carbocycles. The number of allylic oxidation sites excluding steroid dienone is 2. The van der Waals surface area contributed by atoms with Crippen LogP contribution in [0.25, 0.3) is 0 Å². The van der Waals surface area contributed by atoms with E-state index in [-0.39, 0.29) is 41.7 Å². The number of phenols is 1. The number of morpholine rings is 1. The van der Waals surface area contributed by atoms with Gasteiger partial charge >= 0.3 is 0 Å². The molecule has 0 unspecified atom stereocenters. The Hall–Kier alpha value is -5.65. The molecule has 9 rings (SSSR count). The van der Waals surface area contributed by atoms with Crippen LogP contribution < -0.4 is 24.2 Å². The van der Waals surface area contributed by atoms with Crippen LogP contribution >= 0.6 is 11.6 Å². The summed E-state index contributed by atoms with van der Waals surface area (Å²) in [7, 11) is 2.94. The molecule has 4 aromatic rings. The molecule has 0 radical (unpaired) electrons. The summed E-state index contributed by atoms with van der Waals surface area (Å²) in [6.45, 7) is 2.75. The van der Waals surface area contributed by atoms with Crippen LogP contribution in [-0.4, -0.2) is 69.3 Å². The van der Waals surface area contributed by atoms with Gasteiger partial charge < -0.3 is 24.2 Å². The van der Waals surface area contributed by atoms with E-state index in [9.17, 15) is 14.7 Å². The van der Waals surface area contributed by atoms with E-state index in [1.807, 2.05) is 48.5 Å². The summed E-state index contributed by atoms with van der Waals surface area (Å²) in [6.07, 6.45) is 2.30. The zero-order valence-electron chi connectivity index (χ0n) is 30.9. The van der Waals surface area contributed by atoms with E-state index in [0.29, 0.717) is 46.5 Å². The van der Waals surface area contributed by atoms with Gasteiger partial charge in [-0.1, -0.05) is 59.6 Å². The third-order valence-corrected chi connectivity index (χ3v) is 12.7. The fourth-order valence-corrected chi connectivity index (χ4v) is 10.3. The Balaban J connectivity index is 1.21. The number of methoxy groups -OCH3 is 2. The van der Waals surface area contributed by atoms with Crippen LogP contribution in [0, 0.1) is 23.7 Å². The van der Waals surface area contributed by atoms with Gasteiger partial charge in [-0.05, 0) is 66.8 Å². The monoisotopic (exact) mass is 773 g/mol. The molecule has 3 aliphatic heterocycles. The van der Waals surface area contributed by atoms with Crippen molar-refractivity contribution in [1.82, 2.24) is 0 Å². The molecule has 5 aliphatic rings. The Morgan fingerprint density at radius 1 is 0.768 bits per heavy atom. The van der Waals surface area contributed by atoms with Gasteiger partial charge in [0.2, 0.25) is 23.6 Å². The van der Waals surface area contributed by atoms with E-state index in [4.69, 9.17) is 25.8 Å². The van der Waals surface area contributed by atoms with Gasteiger partial charge in [0.15, 0.2) is 0 Å². The molecular formula is C44H40ClN3O8. The number of halogens is 1. The van der Waals surface area contributed by atoms with Gasteiger partial charge in [0.1, 0.15) is 17.2 Å². The highest BCUT2D eigenvalue weighted by atomic mass is 35.5. The lowest BCUT2D eigenvalue weighted by Crippen LogP contribution is -2.53. The lowest BCUT2D eigenvalue weighted by atomic mass is 9.49. The van der Waals surface area contributed by atoms with Crippen LogP contribution in [-0.2, 0) is 29.3 Å². The normalized spacial score (nSPS) is 27.2. The van der Waals surface area contributed by atoms with E-state index < -0.39 is 46.8 Å². The molecule has 0 spiro atoms. The Labute approximate surface area is 329 Å². The predicted octanol–water partition coefficient (Wildman–Crippen LogP) is 6.27. The molecule has 56 heavy (non-hydrogen) atoms. The smallest absolute Gasteiger partial charge is 0.246 e. The number of fused-ring (bicyclic) bond motifs is 4. The summed E-state index contributed by atoms with van der Waals surface area (Å²) in [4.78, 5) is 64.4. The van der Waals surface area contributed by atoms with E-state index in [2.05, 4.69) is 4.90 Å². The molecule has 0 bridgehead atoms. The third kappa shape index (κ3) is 5.28. The van der Waals surface area contributed by atoms with Gasteiger partial charge in [-0.25, -0.2) is 4.90 Å². The number of hydrogen-bond donors (Lipinski definition) is 1. The summed E-state index contributed by atoms with van der Waals surface area (Å²) >= 11 is 6.44. The molecule has 2 aliphatic carbocycles. The summed E-state index contributed by atoms with van der Waals surface area (Å²) in [5.74, 6) is -5.30. The Morgan fingerprint density at radius 2 is 1.50 bits per heavy atom. The standard InChI is InChI=1S/C44H40ClN3O8/c1-54-30-22-35(49)38(36(23-30)55-2)39-31-15-16-32-37(42(52)47(40(32)50)28-13-11-27(12-14-28)46-17-19-56-20-18-46)33(31)24-34-41(51)48(29-10-6-9-26(45)21-29)43(53)44(34,39)25-7-4-3-5-8-25/h3-15,21-23,32-34,37,39,49H,16-20,24H2,1-2H3/t32-,33+,34-,37-,39+,44+/m0/s1. The highest BCUT2D eigenvalue weighted by Gasteiger charge is 2.71. The number of carbonyl (C=O) groups excluding carboxylic acids is 4. The molecule has 3 saturated heterocycles. The largest absolute Gasteiger partial charge is 0.507 e. The lowest BCUT2D eigenvalue weighted by molar-refractivity contribution is -0.127. The van der Waals surface area contributed by atoms with Crippen LogP contribution in [0.3, 0.4) is 0 Å². The fraction of sp³-hybridized carbons (Fsp3) is 0.318. The average Bonchev–Trinajstić information content (AvgIpc) is 3.62. The second-order valence-electron chi connectivity index (χ2n) is 15.0. The molecule has 4 fully saturated rings. The van der Waals surface area contributed by atoms with Gasteiger partial charge in [0, 0.05) is 47.4 Å². The van der Waals surface area contributed by atoms with Crippen molar-refractivity contribution in [2.75, 3.05) is 55.2 Å². The topological polar surface area (TPSA) is 126 Å². The molecule has 6 atom stereocenters.